The zero-order valence-electron chi connectivity index (χ0n) is 10.3. The van der Waals surface area contributed by atoms with Crippen molar-refractivity contribution < 1.29 is 0 Å². The maximum absolute atomic E-state index is 3.93. The molecule has 1 saturated heterocycles. The number of hydrazine groups is 1. The van der Waals surface area contributed by atoms with Gasteiger partial charge in [0.25, 0.3) is 0 Å². The Morgan fingerprint density at radius 3 is 2.62 bits per heavy atom. The maximum atomic E-state index is 3.93. The first-order valence-corrected chi connectivity index (χ1v) is 6.04. The second-order valence-corrected chi connectivity index (χ2v) is 4.72. The van der Waals surface area contributed by atoms with Gasteiger partial charge in [0.1, 0.15) is 0 Å². The van der Waals surface area contributed by atoms with Gasteiger partial charge in [0.15, 0.2) is 0 Å². The standard InChI is InChI=1S/C11H21N5/c1-9-5-4-6-10(2)16(9)13-8-11-7-12-14-15(11)3/h7,9-10,13H,4-6,8H2,1-3H3. The van der Waals surface area contributed by atoms with Crippen LogP contribution in [0.4, 0.5) is 0 Å². The number of nitrogens with zero attached hydrogens (tertiary/aromatic N) is 4. The lowest BCUT2D eigenvalue weighted by Crippen LogP contribution is -2.51. The van der Waals surface area contributed by atoms with Crippen molar-refractivity contribution in [1.82, 2.24) is 25.4 Å². The van der Waals surface area contributed by atoms with Crippen LogP contribution in [0.25, 0.3) is 0 Å². The van der Waals surface area contributed by atoms with E-state index in [4.69, 9.17) is 0 Å². The first kappa shape index (κ1) is 11.5. The third-order valence-electron chi connectivity index (χ3n) is 3.44. The molecule has 2 rings (SSSR count). The van der Waals surface area contributed by atoms with Crippen molar-refractivity contribution in [2.24, 2.45) is 7.05 Å². The summed E-state index contributed by atoms with van der Waals surface area (Å²) in [4.78, 5) is 0. The van der Waals surface area contributed by atoms with Crippen LogP contribution in [-0.4, -0.2) is 32.1 Å². The van der Waals surface area contributed by atoms with Crippen LogP contribution >= 0.6 is 0 Å². The van der Waals surface area contributed by atoms with Gasteiger partial charge in [-0.1, -0.05) is 11.6 Å². The lowest BCUT2D eigenvalue weighted by molar-refractivity contribution is 0.0427. The zero-order valence-corrected chi connectivity index (χ0v) is 10.3. The number of piperidine rings is 1. The van der Waals surface area contributed by atoms with E-state index in [1.54, 1.807) is 0 Å². The Balaban J connectivity index is 1.91. The molecular formula is C11H21N5. The minimum Gasteiger partial charge on any atom is -0.251 e. The van der Waals surface area contributed by atoms with Crippen molar-refractivity contribution in [3.63, 3.8) is 0 Å². The highest BCUT2D eigenvalue weighted by Crippen LogP contribution is 2.20. The molecule has 5 nitrogen and oxygen atoms in total. The average molecular weight is 223 g/mol. The average Bonchev–Trinajstić information content (AvgIpc) is 2.64. The van der Waals surface area contributed by atoms with Gasteiger partial charge in [-0.05, 0) is 26.7 Å². The Kier molecular flexibility index (Phi) is 3.56. The largest absolute Gasteiger partial charge is 0.251 e. The highest BCUT2D eigenvalue weighted by atomic mass is 15.5. The van der Waals surface area contributed by atoms with Gasteiger partial charge < -0.3 is 0 Å². The Bertz CT molecular complexity index is 325. The fourth-order valence-electron chi connectivity index (χ4n) is 2.38. The van der Waals surface area contributed by atoms with Crippen LogP contribution in [0.15, 0.2) is 6.20 Å². The normalized spacial score (nSPS) is 27.2. The third kappa shape index (κ3) is 2.41. The van der Waals surface area contributed by atoms with E-state index in [1.165, 1.54) is 19.3 Å². The Morgan fingerprint density at radius 2 is 2.06 bits per heavy atom. The van der Waals surface area contributed by atoms with E-state index in [0.29, 0.717) is 12.1 Å². The molecule has 0 amide bonds. The van der Waals surface area contributed by atoms with Crippen LogP contribution in [0.5, 0.6) is 0 Å². The van der Waals surface area contributed by atoms with Crippen molar-refractivity contribution in [2.75, 3.05) is 0 Å². The van der Waals surface area contributed by atoms with E-state index in [-0.39, 0.29) is 0 Å². The summed E-state index contributed by atoms with van der Waals surface area (Å²) in [5.41, 5.74) is 4.61. The van der Waals surface area contributed by atoms with Gasteiger partial charge in [0.2, 0.25) is 0 Å². The molecule has 0 spiro atoms. The molecule has 0 radical (unpaired) electrons. The van der Waals surface area contributed by atoms with Gasteiger partial charge in [-0.2, -0.15) is 0 Å². The molecule has 90 valence electrons. The van der Waals surface area contributed by atoms with Crippen molar-refractivity contribution in [1.29, 1.82) is 0 Å². The van der Waals surface area contributed by atoms with Crippen LogP contribution in [-0.2, 0) is 13.6 Å². The minimum atomic E-state index is 0.616. The van der Waals surface area contributed by atoms with Gasteiger partial charge in [-0.3, -0.25) is 4.68 Å². The summed E-state index contributed by atoms with van der Waals surface area (Å²) >= 11 is 0. The third-order valence-corrected chi connectivity index (χ3v) is 3.44. The predicted molar refractivity (Wildman–Crippen MR) is 62.5 cm³/mol. The Morgan fingerprint density at radius 1 is 1.38 bits per heavy atom. The molecule has 0 aromatic carbocycles. The first-order valence-electron chi connectivity index (χ1n) is 6.04. The predicted octanol–water partition coefficient (Wildman–Crippen LogP) is 1.08. The van der Waals surface area contributed by atoms with E-state index < -0.39 is 0 Å². The second kappa shape index (κ2) is 4.93. The molecule has 2 unspecified atom stereocenters. The molecule has 1 aliphatic rings. The van der Waals surface area contributed by atoms with Crippen LogP contribution < -0.4 is 5.43 Å². The minimum absolute atomic E-state index is 0.616. The Hall–Kier alpha value is -0.940. The number of hydrogen-bond acceptors (Lipinski definition) is 4. The summed E-state index contributed by atoms with van der Waals surface area (Å²) in [5, 5.41) is 10.2. The van der Waals surface area contributed by atoms with Gasteiger partial charge in [-0.25, -0.2) is 10.4 Å². The van der Waals surface area contributed by atoms with Crippen molar-refractivity contribution >= 4 is 0 Å². The van der Waals surface area contributed by atoms with Crippen LogP contribution in [0.3, 0.4) is 0 Å². The number of aryl methyl sites for hydroxylation is 1. The molecule has 1 aromatic heterocycles. The van der Waals surface area contributed by atoms with E-state index in [1.807, 2.05) is 17.9 Å². The summed E-state index contributed by atoms with van der Waals surface area (Å²) in [6.07, 6.45) is 5.71. The number of rotatable bonds is 3. The molecule has 1 N–H and O–H groups in total. The Labute approximate surface area is 96.8 Å². The summed E-state index contributed by atoms with van der Waals surface area (Å²) in [5.74, 6) is 0. The van der Waals surface area contributed by atoms with Crippen molar-refractivity contribution in [3.05, 3.63) is 11.9 Å². The van der Waals surface area contributed by atoms with Crippen LogP contribution in [0.2, 0.25) is 0 Å². The number of hydrogen-bond donors (Lipinski definition) is 1. The quantitative estimate of drug-likeness (QED) is 0.833. The van der Waals surface area contributed by atoms with Crippen LogP contribution in [0, 0.1) is 0 Å². The molecule has 1 fully saturated rings. The monoisotopic (exact) mass is 223 g/mol. The SMILES string of the molecule is CC1CCCC(C)N1NCc1cnnn1C. The van der Waals surface area contributed by atoms with Crippen molar-refractivity contribution in [2.45, 2.75) is 51.7 Å². The topological polar surface area (TPSA) is 46.0 Å². The van der Waals surface area contributed by atoms with Gasteiger partial charge in [-0.15, -0.1) is 5.10 Å². The summed E-state index contributed by atoms with van der Waals surface area (Å²) in [6.45, 7) is 5.37. The first-order chi connectivity index (χ1) is 7.68. The maximum Gasteiger partial charge on any atom is 0.0738 e. The van der Waals surface area contributed by atoms with E-state index in [9.17, 15) is 0 Å². The fraction of sp³-hybridized carbons (Fsp3) is 0.818. The second-order valence-electron chi connectivity index (χ2n) is 4.72. The highest BCUT2D eigenvalue weighted by molar-refractivity contribution is 4.92. The highest BCUT2D eigenvalue weighted by Gasteiger charge is 2.24. The van der Waals surface area contributed by atoms with Gasteiger partial charge >= 0.3 is 0 Å². The molecule has 0 aliphatic carbocycles. The molecule has 5 heteroatoms. The van der Waals surface area contributed by atoms with E-state index in [0.717, 1.165) is 12.2 Å². The van der Waals surface area contributed by atoms with E-state index in [2.05, 4.69) is 34.6 Å². The number of aromatic nitrogens is 3. The van der Waals surface area contributed by atoms with Gasteiger partial charge in [0, 0.05) is 19.1 Å². The summed E-state index contributed by atoms with van der Waals surface area (Å²) < 4.78 is 1.81. The lowest BCUT2D eigenvalue weighted by atomic mass is 10.00. The molecule has 0 bridgehead atoms. The lowest BCUT2D eigenvalue weighted by Gasteiger charge is -2.39. The van der Waals surface area contributed by atoms with Crippen molar-refractivity contribution in [3.8, 4) is 0 Å². The molecular weight excluding hydrogens is 202 g/mol. The summed E-state index contributed by atoms with van der Waals surface area (Å²) in [7, 11) is 1.92. The molecule has 1 aromatic rings. The smallest absolute Gasteiger partial charge is 0.0738 e. The molecule has 2 heterocycles. The molecule has 16 heavy (non-hydrogen) atoms. The van der Waals surface area contributed by atoms with Gasteiger partial charge in [0.05, 0.1) is 18.4 Å². The van der Waals surface area contributed by atoms with Crippen LogP contribution in [0.1, 0.15) is 38.8 Å². The molecule has 2 atom stereocenters. The molecule has 1 aliphatic heterocycles. The summed E-state index contributed by atoms with van der Waals surface area (Å²) in [6, 6.07) is 1.23. The fourth-order valence-corrected chi connectivity index (χ4v) is 2.38. The van der Waals surface area contributed by atoms with E-state index >= 15 is 0 Å². The zero-order chi connectivity index (χ0) is 11.5. The molecule has 0 saturated carbocycles. The number of nitrogens with one attached hydrogen (secondary N) is 1.